The molecule has 1 fully saturated rings. The van der Waals surface area contributed by atoms with Crippen molar-refractivity contribution in [3.8, 4) is 16.9 Å². The topological polar surface area (TPSA) is 46.5 Å². The van der Waals surface area contributed by atoms with Crippen molar-refractivity contribution in [1.82, 2.24) is 0 Å². The second-order valence-electron chi connectivity index (χ2n) is 8.33. The van der Waals surface area contributed by atoms with Crippen molar-refractivity contribution in [2.75, 3.05) is 0 Å². The predicted molar refractivity (Wildman–Crippen MR) is 120 cm³/mol. The van der Waals surface area contributed by atoms with Gasteiger partial charge in [-0.15, -0.1) is 0 Å². The minimum atomic E-state index is -0.775. The fourth-order valence-corrected chi connectivity index (χ4v) is 4.02. The van der Waals surface area contributed by atoms with Crippen LogP contribution in [0.5, 0.6) is 5.75 Å². The van der Waals surface area contributed by atoms with E-state index in [0.717, 1.165) is 28.7 Å². The van der Waals surface area contributed by atoms with E-state index in [0.29, 0.717) is 18.1 Å². The molecule has 0 heterocycles. The molecule has 0 aromatic heterocycles. The van der Waals surface area contributed by atoms with Gasteiger partial charge in [-0.05, 0) is 96.2 Å². The molecule has 3 aromatic rings. The van der Waals surface area contributed by atoms with Crippen molar-refractivity contribution in [3.63, 3.8) is 0 Å². The van der Waals surface area contributed by atoms with Gasteiger partial charge in [-0.2, -0.15) is 0 Å². The Balaban J connectivity index is 1.46. The first-order chi connectivity index (χ1) is 15.0. The number of carboxylic acid groups (broad SMARTS) is 1. The monoisotopic (exact) mass is 418 g/mol. The molecule has 3 nitrogen and oxygen atoms in total. The quantitative estimate of drug-likeness (QED) is 0.422. The molecule has 1 saturated carbocycles. The summed E-state index contributed by atoms with van der Waals surface area (Å²) >= 11 is 0. The Kier molecular flexibility index (Phi) is 6.36. The third kappa shape index (κ3) is 5.52. The number of hydrogen-bond acceptors (Lipinski definition) is 2. The van der Waals surface area contributed by atoms with E-state index in [9.17, 15) is 9.18 Å². The molecule has 1 aliphatic rings. The Bertz CT molecular complexity index is 1070. The molecule has 160 valence electrons. The number of hydrogen-bond donors (Lipinski definition) is 1. The maximum atomic E-state index is 14.0. The molecule has 0 aliphatic heterocycles. The lowest BCUT2D eigenvalue weighted by atomic mass is 9.95. The number of aryl methyl sites for hydroxylation is 2. The highest BCUT2D eigenvalue weighted by Crippen LogP contribution is 2.42. The van der Waals surface area contributed by atoms with E-state index in [2.05, 4.69) is 25.1 Å². The molecule has 0 unspecified atom stereocenters. The van der Waals surface area contributed by atoms with E-state index in [1.807, 2.05) is 30.3 Å². The molecule has 1 aliphatic carbocycles. The molecular weight excluding hydrogens is 391 g/mol. The summed E-state index contributed by atoms with van der Waals surface area (Å²) in [5.74, 6) is 0.361. The minimum Gasteiger partial charge on any atom is -0.489 e. The van der Waals surface area contributed by atoms with Crippen molar-refractivity contribution in [3.05, 3.63) is 88.7 Å². The van der Waals surface area contributed by atoms with E-state index < -0.39 is 5.97 Å². The zero-order valence-electron chi connectivity index (χ0n) is 17.7. The van der Waals surface area contributed by atoms with Crippen LogP contribution in [0.4, 0.5) is 4.39 Å². The van der Waals surface area contributed by atoms with Gasteiger partial charge in [-0.1, -0.05) is 36.4 Å². The van der Waals surface area contributed by atoms with Gasteiger partial charge in [0.05, 0.1) is 0 Å². The van der Waals surface area contributed by atoms with Gasteiger partial charge in [0.15, 0.2) is 0 Å². The molecule has 4 rings (SSSR count). The SMILES string of the molecule is Cc1cc(-c2ccc(F)cc2COc2ccc(CCCC(=O)O)cc2)ccc1C1CC1. The molecule has 1 N–H and O–H groups in total. The Morgan fingerprint density at radius 2 is 1.84 bits per heavy atom. The number of halogens is 1. The van der Waals surface area contributed by atoms with Crippen molar-refractivity contribution < 1.29 is 19.0 Å². The van der Waals surface area contributed by atoms with Crippen LogP contribution < -0.4 is 4.74 Å². The zero-order valence-corrected chi connectivity index (χ0v) is 17.7. The fraction of sp³-hybridized carbons (Fsp3) is 0.296. The van der Waals surface area contributed by atoms with Crippen LogP contribution in [0.1, 0.15) is 53.9 Å². The Labute approximate surface area is 182 Å². The summed E-state index contributed by atoms with van der Waals surface area (Å²) < 4.78 is 19.9. The molecule has 0 saturated heterocycles. The van der Waals surface area contributed by atoms with Gasteiger partial charge < -0.3 is 9.84 Å². The van der Waals surface area contributed by atoms with Crippen LogP contribution in [0.2, 0.25) is 0 Å². The molecule has 31 heavy (non-hydrogen) atoms. The predicted octanol–water partition coefficient (Wildman–Crippen LogP) is 6.66. The summed E-state index contributed by atoms with van der Waals surface area (Å²) in [4.78, 5) is 10.6. The van der Waals surface area contributed by atoms with Crippen molar-refractivity contribution >= 4 is 5.97 Å². The van der Waals surface area contributed by atoms with Gasteiger partial charge in [0.25, 0.3) is 0 Å². The molecule has 0 bridgehead atoms. The van der Waals surface area contributed by atoms with Crippen LogP contribution in [0, 0.1) is 12.7 Å². The van der Waals surface area contributed by atoms with E-state index in [1.165, 1.54) is 30.0 Å². The highest BCUT2D eigenvalue weighted by molar-refractivity contribution is 5.69. The molecule has 0 atom stereocenters. The Morgan fingerprint density at radius 1 is 1.06 bits per heavy atom. The standard InChI is InChI=1S/C27H27FO3/c1-18-15-21(9-13-25(18)20-7-8-20)26-14-10-23(28)16-22(26)17-31-24-11-5-19(6-12-24)3-2-4-27(29)30/h5-6,9-16,20H,2-4,7-8,17H2,1H3,(H,29,30). The van der Waals surface area contributed by atoms with Gasteiger partial charge in [0, 0.05) is 6.42 Å². The van der Waals surface area contributed by atoms with Crippen LogP contribution in [-0.2, 0) is 17.8 Å². The molecule has 0 radical (unpaired) electrons. The van der Waals surface area contributed by atoms with Gasteiger partial charge in [-0.3, -0.25) is 4.79 Å². The number of rotatable bonds is 9. The summed E-state index contributed by atoms with van der Waals surface area (Å²) in [6, 6.07) is 19.0. The lowest BCUT2D eigenvalue weighted by Crippen LogP contribution is -2.00. The minimum absolute atomic E-state index is 0.168. The highest BCUT2D eigenvalue weighted by Gasteiger charge is 2.25. The maximum Gasteiger partial charge on any atom is 0.303 e. The lowest BCUT2D eigenvalue weighted by molar-refractivity contribution is -0.137. The largest absolute Gasteiger partial charge is 0.489 e. The average molecular weight is 419 g/mol. The second kappa shape index (κ2) is 9.34. The van der Waals surface area contributed by atoms with Crippen LogP contribution in [-0.4, -0.2) is 11.1 Å². The first-order valence-electron chi connectivity index (χ1n) is 10.8. The number of aliphatic carboxylic acids is 1. The van der Waals surface area contributed by atoms with E-state index in [4.69, 9.17) is 9.84 Å². The summed E-state index contributed by atoms with van der Waals surface area (Å²) in [6.45, 7) is 2.42. The van der Waals surface area contributed by atoms with Crippen molar-refractivity contribution in [2.45, 2.75) is 51.6 Å². The van der Waals surface area contributed by atoms with Gasteiger partial charge >= 0.3 is 5.97 Å². The first kappa shape index (κ1) is 21.1. The summed E-state index contributed by atoms with van der Waals surface area (Å²) in [5, 5.41) is 8.75. The van der Waals surface area contributed by atoms with E-state index in [1.54, 1.807) is 6.07 Å². The summed E-state index contributed by atoms with van der Waals surface area (Å²) in [6.07, 6.45) is 4.04. The molecule has 0 spiro atoms. The molecule has 0 amide bonds. The summed E-state index contributed by atoms with van der Waals surface area (Å²) in [7, 11) is 0. The smallest absolute Gasteiger partial charge is 0.303 e. The zero-order chi connectivity index (χ0) is 21.8. The third-order valence-electron chi connectivity index (χ3n) is 5.84. The van der Waals surface area contributed by atoms with Gasteiger partial charge in [-0.25, -0.2) is 4.39 Å². The first-order valence-corrected chi connectivity index (χ1v) is 10.8. The third-order valence-corrected chi connectivity index (χ3v) is 5.84. The fourth-order valence-electron chi connectivity index (χ4n) is 4.02. The van der Waals surface area contributed by atoms with E-state index in [-0.39, 0.29) is 18.8 Å². The van der Waals surface area contributed by atoms with Gasteiger partial charge in [0.2, 0.25) is 0 Å². The Hall–Kier alpha value is -3.14. The average Bonchev–Trinajstić information content (AvgIpc) is 3.58. The number of carboxylic acids is 1. The second-order valence-corrected chi connectivity index (χ2v) is 8.33. The van der Waals surface area contributed by atoms with Gasteiger partial charge in [0.1, 0.15) is 18.2 Å². The van der Waals surface area contributed by atoms with Crippen LogP contribution in [0.25, 0.3) is 11.1 Å². The van der Waals surface area contributed by atoms with Crippen molar-refractivity contribution in [2.24, 2.45) is 0 Å². The van der Waals surface area contributed by atoms with Crippen LogP contribution in [0.3, 0.4) is 0 Å². The lowest BCUT2D eigenvalue weighted by Gasteiger charge is -2.14. The molecule has 4 heteroatoms. The normalized spacial score (nSPS) is 13.2. The number of benzene rings is 3. The molecular formula is C27H27FO3. The number of ether oxygens (including phenoxy) is 1. The highest BCUT2D eigenvalue weighted by atomic mass is 19.1. The van der Waals surface area contributed by atoms with Crippen LogP contribution in [0.15, 0.2) is 60.7 Å². The van der Waals surface area contributed by atoms with Crippen molar-refractivity contribution in [1.29, 1.82) is 0 Å². The Morgan fingerprint density at radius 3 is 2.52 bits per heavy atom. The maximum absolute atomic E-state index is 14.0. The van der Waals surface area contributed by atoms with E-state index >= 15 is 0 Å². The number of carbonyl (C=O) groups is 1. The molecule has 3 aromatic carbocycles. The summed E-state index contributed by atoms with van der Waals surface area (Å²) in [5.41, 5.74) is 6.66. The van der Waals surface area contributed by atoms with Crippen LogP contribution >= 0.6 is 0 Å².